The molecule has 2 rings (SSSR count). The molecule has 0 aliphatic carbocycles. The van der Waals surface area contributed by atoms with Crippen LogP contribution in [0.1, 0.15) is 5.56 Å². The van der Waals surface area contributed by atoms with Crippen LogP contribution in [0.15, 0.2) is 41.3 Å². The number of aryl methyl sites for hydroxylation is 1. The highest BCUT2D eigenvalue weighted by Gasteiger charge is 2.17. The van der Waals surface area contributed by atoms with E-state index in [0.717, 1.165) is 0 Å². The number of hydrogen-bond acceptors (Lipinski definition) is 4. The molecule has 2 aromatic carbocycles. The van der Waals surface area contributed by atoms with E-state index in [-0.39, 0.29) is 10.7 Å². The van der Waals surface area contributed by atoms with Gasteiger partial charge in [0.05, 0.1) is 5.69 Å². The van der Waals surface area contributed by atoms with Gasteiger partial charge >= 0.3 is 0 Å². The van der Waals surface area contributed by atoms with E-state index in [2.05, 4.69) is 10.0 Å². The molecule has 0 bridgehead atoms. The van der Waals surface area contributed by atoms with Crippen LogP contribution in [-0.2, 0) is 10.0 Å². The first-order valence-corrected chi connectivity index (χ1v) is 7.68. The van der Waals surface area contributed by atoms with E-state index in [4.69, 9.17) is 5.73 Å². The third kappa shape index (κ3) is 3.32. The van der Waals surface area contributed by atoms with Crippen molar-refractivity contribution >= 4 is 27.1 Å². The van der Waals surface area contributed by atoms with Crippen molar-refractivity contribution < 1.29 is 12.8 Å². The number of sulfonamides is 1. The predicted octanol–water partition coefficient (Wildman–Crippen LogP) is 2.37. The van der Waals surface area contributed by atoms with Gasteiger partial charge in [0.15, 0.2) is 0 Å². The summed E-state index contributed by atoms with van der Waals surface area (Å²) in [5, 5.41) is 2.99. The van der Waals surface area contributed by atoms with Crippen LogP contribution in [0, 0.1) is 12.7 Å². The lowest BCUT2D eigenvalue weighted by molar-refractivity contribution is 0.588. The Morgan fingerprint density at radius 1 is 1.10 bits per heavy atom. The zero-order valence-corrected chi connectivity index (χ0v) is 12.5. The number of benzene rings is 2. The minimum absolute atomic E-state index is 0.0359. The molecule has 5 nitrogen and oxygen atoms in total. The minimum Gasteiger partial charge on any atom is -0.399 e. The first-order chi connectivity index (χ1) is 9.83. The quantitative estimate of drug-likeness (QED) is 0.757. The molecular weight excluding hydrogens is 293 g/mol. The van der Waals surface area contributed by atoms with Gasteiger partial charge in [-0.3, -0.25) is 0 Å². The second-order valence-corrected chi connectivity index (χ2v) is 6.40. The van der Waals surface area contributed by atoms with Gasteiger partial charge in [0.1, 0.15) is 10.7 Å². The first-order valence-electron chi connectivity index (χ1n) is 6.20. The Bertz CT molecular complexity index is 776. The molecule has 4 N–H and O–H groups in total. The molecule has 21 heavy (non-hydrogen) atoms. The third-order valence-corrected chi connectivity index (χ3v) is 4.48. The average Bonchev–Trinajstić information content (AvgIpc) is 2.43. The number of nitrogens with one attached hydrogen (secondary N) is 2. The molecule has 0 spiro atoms. The maximum absolute atomic E-state index is 13.1. The Kier molecular flexibility index (Phi) is 4.15. The smallest absolute Gasteiger partial charge is 0.242 e. The number of hydrogen-bond donors (Lipinski definition) is 3. The number of anilines is 3. The van der Waals surface area contributed by atoms with Gasteiger partial charge in [-0.05, 0) is 55.9 Å². The minimum atomic E-state index is -3.66. The summed E-state index contributed by atoms with van der Waals surface area (Å²) in [7, 11) is -2.33. The zero-order valence-electron chi connectivity index (χ0n) is 11.6. The molecule has 0 heterocycles. The predicted molar refractivity (Wildman–Crippen MR) is 81.5 cm³/mol. The molecule has 112 valence electrons. The lowest BCUT2D eigenvalue weighted by atomic mass is 10.2. The Labute approximate surface area is 123 Å². The molecule has 0 saturated heterocycles. The summed E-state index contributed by atoms with van der Waals surface area (Å²) in [5.41, 5.74) is 7.64. The van der Waals surface area contributed by atoms with Gasteiger partial charge in [0, 0.05) is 11.4 Å². The highest BCUT2D eigenvalue weighted by molar-refractivity contribution is 7.89. The van der Waals surface area contributed by atoms with E-state index in [9.17, 15) is 12.8 Å². The fourth-order valence-electron chi connectivity index (χ4n) is 1.89. The van der Waals surface area contributed by atoms with E-state index in [1.54, 1.807) is 25.1 Å². The van der Waals surface area contributed by atoms with Crippen molar-refractivity contribution in [3.05, 3.63) is 47.8 Å². The Balaban J connectivity index is 2.50. The van der Waals surface area contributed by atoms with Gasteiger partial charge in [-0.15, -0.1) is 0 Å². The van der Waals surface area contributed by atoms with E-state index in [1.165, 1.54) is 25.2 Å². The largest absolute Gasteiger partial charge is 0.399 e. The van der Waals surface area contributed by atoms with E-state index in [1.807, 2.05) is 0 Å². The maximum atomic E-state index is 13.1. The Hall–Kier alpha value is -2.12. The zero-order chi connectivity index (χ0) is 15.6. The first kappa shape index (κ1) is 15.3. The molecular formula is C14H16FN3O2S. The molecule has 0 fully saturated rings. The van der Waals surface area contributed by atoms with Crippen molar-refractivity contribution in [2.45, 2.75) is 11.8 Å². The molecule has 0 amide bonds. The topological polar surface area (TPSA) is 84.2 Å². The average molecular weight is 309 g/mol. The normalized spacial score (nSPS) is 11.4. The summed E-state index contributed by atoms with van der Waals surface area (Å²) in [5.74, 6) is -0.349. The Morgan fingerprint density at radius 3 is 2.38 bits per heavy atom. The second-order valence-electron chi connectivity index (χ2n) is 4.55. The Morgan fingerprint density at radius 2 is 1.76 bits per heavy atom. The van der Waals surface area contributed by atoms with Crippen LogP contribution in [0.5, 0.6) is 0 Å². The molecule has 0 atom stereocenters. The van der Waals surface area contributed by atoms with Crippen LogP contribution in [0.25, 0.3) is 0 Å². The van der Waals surface area contributed by atoms with Gasteiger partial charge in [0.2, 0.25) is 10.0 Å². The number of nitrogens with two attached hydrogens (primary N) is 1. The van der Waals surface area contributed by atoms with Crippen molar-refractivity contribution in [1.29, 1.82) is 0 Å². The molecule has 0 aliphatic heterocycles. The highest BCUT2D eigenvalue weighted by atomic mass is 32.2. The van der Waals surface area contributed by atoms with Crippen molar-refractivity contribution in [1.82, 2.24) is 4.72 Å². The van der Waals surface area contributed by atoms with Gasteiger partial charge < -0.3 is 11.1 Å². The van der Waals surface area contributed by atoms with Crippen LogP contribution >= 0.6 is 0 Å². The highest BCUT2D eigenvalue weighted by Crippen LogP contribution is 2.28. The van der Waals surface area contributed by atoms with E-state index >= 15 is 0 Å². The van der Waals surface area contributed by atoms with Gasteiger partial charge in [-0.25, -0.2) is 17.5 Å². The summed E-state index contributed by atoms with van der Waals surface area (Å²) in [6.45, 7) is 1.73. The summed E-state index contributed by atoms with van der Waals surface area (Å²) >= 11 is 0. The molecule has 7 heteroatoms. The summed E-state index contributed by atoms with van der Waals surface area (Å²) in [4.78, 5) is 0.0359. The van der Waals surface area contributed by atoms with E-state index in [0.29, 0.717) is 22.6 Å². The third-order valence-electron chi connectivity index (χ3n) is 3.02. The van der Waals surface area contributed by atoms with Crippen LogP contribution < -0.4 is 15.8 Å². The van der Waals surface area contributed by atoms with Crippen molar-refractivity contribution in [3.8, 4) is 0 Å². The fourth-order valence-corrected chi connectivity index (χ4v) is 2.81. The fraction of sp³-hybridized carbons (Fsp3) is 0.143. The van der Waals surface area contributed by atoms with Crippen molar-refractivity contribution in [2.75, 3.05) is 18.1 Å². The van der Waals surface area contributed by atoms with Crippen LogP contribution in [0.3, 0.4) is 0 Å². The van der Waals surface area contributed by atoms with Crippen molar-refractivity contribution in [3.63, 3.8) is 0 Å². The standard InChI is InChI=1S/C14H16FN3O2S/c1-9-7-10(15)3-5-12(9)18-13-6-4-11(16)8-14(13)21(19,20)17-2/h3-8,17-18H,16H2,1-2H3. The molecule has 0 saturated carbocycles. The molecule has 0 aromatic heterocycles. The van der Waals surface area contributed by atoms with Gasteiger partial charge in [-0.1, -0.05) is 0 Å². The van der Waals surface area contributed by atoms with Gasteiger partial charge in [-0.2, -0.15) is 0 Å². The second kappa shape index (κ2) is 5.71. The summed E-state index contributed by atoms with van der Waals surface area (Å²) in [6.07, 6.45) is 0. The SMILES string of the molecule is CNS(=O)(=O)c1cc(N)ccc1Nc1ccc(F)cc1C. The van der Waals surface area contributed by atoms with Crippen LogP contribution in [-0.4, -0.2) is 15.5 Å². The lowest BCUT2D eigenvalue weighted by Gasteiger charge is -2.14. The molecule has 0 unspecified atom stereocenters. The number of nitrogen functional groups attached to an aromatic ring is 1. The molecule has 0 radical (unpaired) electrons. The van der Waals surface area contributed by atoms with Crippen LogP contribution in [0.2, 0.25) is 0 Å². The maximum Gasteiger partial charge on any atom is 0.242 e. The molecule has 0 aliphatic rings. The van der Waals surface area contributed by atoms with E-state index < -0.39 is 10.0 Å². The monoisotopic (exact) mass is 309 g/mol. The summed E-state index contributed by atoms with van der Waals surface area (Å²) < 4.78 is 39.4. The number of halogens is 1. The number of rotatable bonds is 4. The van der Waals surface area contributed by atoms with Crippen LogP contribution in [0.4, 0.5) is 21.5 Å². The van der Waals surface area contributed by atoms with Gasteiger partial charge in [0.25, 0.3) is 0 Å². The lowest BCUT2D eigenvalue weighted by Crippen LogP contribution is -2.20. The summed E-state index contributed by atoms with van der Waals surface area (Å²) in [6, 6.07) is 8.76. The van der Waals surface area contributed by atoms with Crippen molar-refractivity contribution in [2.24, 2.45) is 0 Å². The molecule has 2 aromatic rings.